The summed E-state index contributed by atoms with van der Waals surface area (Å²) in [6.45, 7) is 12.7. The van der Waals surface area contributed by atoms with Crippen molar-refractivity contribution in [1.82, 2.24) is 0 Å². The zero-order valence-corrected chi connectivity index (χ0v) is 19.5. The van der Waals surface area contributed by atoms with Gasteiger partial charge in [-0.3, -0.25) is 4.79 Å². The van der Waals surface area contributed by atoms with Crippen molar-refractivity contribution in [2.24, 2.45) is 29.1 Å². The summed E-state index contributed by atoms with van der Waals surface area (Å²) in [6, 6.07) is 0. The highest BCUT2D eigenvalue weighted by Crippen LogP contribution is 2.59. The van der Waals surface area contributed by atoms with Gasteiger partial charge >= 0.3 is 0 Å². The van der Waals surface area contributed by atoms with Crippen LogP contribution in [0.2, 0.25) is 0 Å². The third-order valence-electron chi connectivity index (χ3n) is 8.40. The number of allylic oxidation sites excluding steroid dienone is 4. The predicted molar refractivity (Wildman–Crippen MR) is 123 cm³/mol. The van der Waals surface area contributed by atoms with E-state index < -0.39 is 6.10 Å². The lowest BCUT2D eigenvalue weighted by Crippen LogP contribution is -2.37. The normalized spacial score (nSPS) is 36.9. The van der Waals surface area contributed by atoms with Crippen LogP contribution in [0.1, 0.15) is 85.5 Å². The molecule has 3 nitrogen and oxygen atoms in total. The summed E-state index contributed by atoms with van der Waals surface area (Å²) in [4.78, 5) is 12.5. The molecule has 2 unspecified atom stereocenters. The number of carbonyl (C=O) groups excluding carboxylic acids is 1. The van der Waals surface area contributed by atoms with Gasteiger partial charge in [0.15, 0.2) is 5.78 Å². The number of Topliss-reactive ketones (excluding diaryl/α,β-unsaturated/α-hetero) is 1. The second-order valence-corrected chi connectivity index (χ2v) is 10.9. The van der Waals surface area contributed by atoms with Gasteiger partial charge in [0.25, 0.3) is 0 Å². The largest absolute Gasteiger partial charge is 0.393 e. The number of ketones is 1. The summed E-state index contributed by atoms with van der Waals surface area (Å²) in [5.41, 5.74) is 4.18. The van der Waals surface area contributed by atoms with Crippen LogP contribution in [0.4, 0.5) is 0 Å². The Bertz CT molecular complexity index is 716. The van der Waals surface area contributed by atoms with Crippen LogP contribution in [-0.2, 0) is 4.79 Å². The highest BCUT2D eigenvalue weighted by molar-refractivity contribution is 5.83. The highest BCUT2D eigenvalue weighted by atomic mass is 16.3. The zero-order chi connectivity index (χ0) is 22.1. The van der Waals surface area contributed by atoms with Gasteiger partial charge in [0.05, 0.1) is 6.10 Å². The molecular formula is C27H42O3. The molecule has 0 aromatic rings. The second-order valence-electron chi connectivity index (χ2n) is 10.9. The Balaban J connectivity index is 1.73. The van der Waals surface area contributed by atoms with Crippen molar-refractivity contribution >= 4 is 5.78 Å². The molecule has 0 heterocycles. The van der Waals surface area contributed by atoms with Crippen molar-refractivity contribution in [2.75, 3.05) is 0 Å². The summed E-state index contributed by atoms with van der Waals surface area (Å²) < 4.78 is 0. The Labute approximate surface area is 183 Å². The standard InChI is InChI=1S/C27H42O3/c1-17(2)26(30)25(29)15-19(4)23-12-13-24-20(7-6-14-27(23,24)5)9-10-21-16-22(28)11-8-18(21)3/h9-10,17,19,22-24,26,28,30H,3,6-8,11-16H2,1-2,4-5H3/t19-,22+,23-,24?,26?,27-/m1/s1. The molecule has 30 heavy (non-hydrogen) atoms. The number of aliphatic hydroxyl groups excluding tert-OH is 2. The van der Waals surface area contributed by atoms with Crippen molar-refractivity contribution in [3.8, 4) is 0 Å². The molecule has 3 heteroatoms. The molecule has 3 rings (SSSR count). The summed E-state index contributed by atoms with van der Waals surface area (Å²) in [5.74, 6) is 1.43. The van der Waals surface area contributed by atoms with Gasteiger partial charge in [0, 0.05) is 6.42 Å². The van der Waals surface area contributed by atoms with Gasteiger partial charge in [-0.15, -0.1) is 0 Å². The molecule has 0 aromatic carbocycles. The topological polar surface area (TPSA) is 57.5 Å². The van der Waals surface area contributed by atoms with E-state index in [1.165, 1.54) is 36.8 Å². The zero-order valence-electron chi connectivity index (χ0n) is 19.5. The highest BCUT2D eigenvalue weighted by Gasteiger charge is 2.50. The smallest absolute Gasteiger partial charge is 0.161 e. The summed E-state index contributed by atoms with van der Waals surface area (Å²) in [5, 5.41) is 20.2. The average Bonchev–Trinajstić information content (AvgIpc) is 3.05. The SMILES string of the molecule is C=C1CC[C@H](O)CC1=CC=C1CCC[C@@]2(C)C1CC[C@@H]2[C@H](C)CC(=O)C(O)C(C)C. The minimum atomic E-state index is -0.829. The van der Waals surface area contributed by atoms with Gasteiger partial charge in [-0.25, -0.2) is 0 Å². The Kier molecular flexibility index (Phi) is 7.45. The molecule has 3 fully saturated rings. The molecule has 0 spiro atoms. The Morgan fingerprint density at radius 3 is 2.63 bits per heavy atom. The number of fused-ring (bicyclic) bond motifs is 1. The lowest BCUT2D eigenvalue weighted by molar-refractivity contribution is -0.130. The molecule has 0 amide bonds. The maximum Gasteiger partial charge on any atom is 0.161 e. The predicted octanol–water partition coefficient (Wildman–Crippen LogP) is 5.77. The number of rotatable bonds is 6. The average molecular weight is 415 g/mol. The molecule has 0 aromatic heterocycles. The van der Waals surface area contributed by atoms with E-state index in [1.54, 1.807) is 5.57 Å². The van der Waals surface area contributed by atoms with E-state index in [-0.39, 0.29) is 23.2 Å². The minimum absolute atomic E-state index is 0.00947. The number of hydrogen-bond acceptors (Lipinski definition) is 3. The first-order chi connectivity index (χ1) is 14.1. The molecular weight excluding hydrogens is 372 g/mol. The Hall–Kier alpha value is -1.19. The van der Waals surface area contributed by atoms with Crippen molar-refractivity contribution in [2.45, 2.75) is 97.7 Å². The van der Waals surface area contributed by atoms with Crippen LogP contribution in [0.3, 0.4) is 0 Å². The van der Waals surface area contributed by atoms with E-state index in [1.807, 2.05) is 13.8 Å². The van der Waals surface area contributed by atoms with Crippen LogP contribution < -0.4 is 0 Å². The van der Waals surface area contributed by atoms with E-state index in [0.29, 0.717) is 24.2 Å². The fraction of sp³-hybridized carbons (Fsp3) is 0.741. The molecule has 3 aliphatic rings. The molecule has 0 bridgehead atoms. The first-order valence-corrected chi connectivity index (χ1v) is 12.1. The van der Waals surface area contributed by atoms with Crippen molar-refractivity contribution in [1.29, 1.82) is 0 Å². The second kappa shape index (κ2) is 9.53. The van der Waals surface area contributed by atoms with Gasteiger partial charge in [-0.1, -0.05) is 57.6 Å². The minimum Gasteiger partial charge on any atom is -0.393 e. The van der Waals surface area contributed by atoms with Gasteiger partial charge in [-0.05, 0) is 86.0 Å². The molecule has 168 valence electrons. The van der Waals surface area contributed by atoms with Crippen molar-refractivity contribution in [3.63, 3.8) is 0 Å². The monoisotopic (exact) mass is 414 g/mol. The number of hydrogen-bond donors (Lipinski definition) is 2. The Morgan fingerprint density at radius 1 is 1.20 bits per heavy atom. The molecule has 3 aliphatic carbocycles. The van der Waals surface area contributed by atoms with E-state index in [4.69, 9.17) is 0 Å². The van der Waals surface area contributed by atoms with E-state index >= 15 is 0 Å². The first kappa shape index (κ1) is 23.5. The quantitative estimate of drug-likeness (QED) is 0.580. The summed E-state index contributed by atoms with van der Waals surface area (Å²) in [6.07, 6.45) is 12.4. The maximum absolute atomic E-state index is 12.5. The fourth-order valence-corrected chi connectivity index (χ4v) is 6.56. The van der Waals surface area contributed by atoms with Crippen LogP contribution in [0, 0.1) is 29.1 Å². The van der Waals surface area contributed by atoms with E-state index in [0.717, 1.165) is 25.7 Å². The molecule has 0 radical (unpaired) electrons. The molecule has 0 aliphatic heterocycles. The van der Waals surface area contributed by atoms with Gasteiger partial charge in [0.2, 0.25) is 0 Å². The first-order valence-electron chi connectivity index (χ1n) is 12.1. The van der Waals surface area contributed by atoms with Gasteiger partial charge < -0.3 is 10.2 Å². The third-order valence-corrected chi connectivity index (χ3v) is 8.40. The number of aliphatic hydroxyl groups is 2. The molecule has 2 N–H and O–H groups in total. The van der Waals surface area contributed by atoms with Crippen LogP contribution >= 0.6 is 0 Å². The van der Waals surface area contributed by atoms with Crippen LogP contribution in [0.25, 0.3) is 0 Å². The van der Waals surface area contributed by atoms with Gasteiger partial charge in [0.1, 0.15) is 6.10 Å². The third kappa shape index (κ3) is 4.83. The maximum atomic E-state index is 12.5. The van der Waals surface area contributed by atoms with E-state index in [9.17, 15) is 15.0 Å². The summed E-state index contributed by atoms with van der Waals surface area (Å²) >= 11 is 0. The fourth-order valence-electron chi connectivity index (χ4n) is 6.56. The van der Waals surface area contributed by atoms with Crippen molar-refractivity contribution < 1.29 is 15.0 Å². The molecule has 6 atom stereocenters. The molecule has 0 saturated heterocycles. The van der Waals surface area contributed by atoms with Crippen LogP contribution in [0.15, 0.2) is 35.5 Å². The van der Waals surface area contributed by atoms with Gasteiger partial charge in [-0.2, -0.15) is 0 Å². The lowest BCUT2D eigenvalue weighted by atomic mass is 9.60. The number of carbonyl (C=O) groups is 1. The van der Waals surface area contributed by atoms with Crippen LogP contribution in [0.5, 0.6) is 0 Å². The Morgan fingerprint density at radius 2 is 1.93 bits per heavy atom. The molecule has 3 saturated carbocycles. The lowest BCUT2D eigenvalue weighted by Gasteiger charge is -2.44. The van der Waals surface area contributed by atoms with Crippen molar-refractivity contribution in [3.05, 3.63) is 35.5 Å². The van der Waals surface area contributed by atoms with E-state index in [2.05, 4.69) is 32.6 Å². The summed E-state index contributed by atoms with van der Waals surface area (Å²) in [7, 11) is 0. The van der Waals surface area contributed by atoms with Crippen LogP contribution in [-0.4, -0.2) is 28.2 Å².